The van der Waals surface area contributed by atoms with Gasteiger partial charge in [-0.3, -0.25) is 0 Å². The van der Waals surface area contributed by atoms with E-state index >= 15 is 0 Å². The molecule has 0 bridgehead atoms. The predicted molar refractivity (Wildman–Crippen MR) is 84.5 cm³/mol. The van der Waals surface area contributed by atoms with Crippen LogP contribution in [0.25, 0.3) is 0 Å². The zero-order valence-electron chi connectivity index (χ0n) is 13.6. The molecule has 122 valence electrons. The average Bonchev–Trinajstić information content (AvgIpc) is 3.39. The maximum absolute atomic E-state index is 10.2. The van der Waals surface area contributed by atoms with E-state index in [2.05, 4.69) is 6.92 Å². The van der Waals surface area contributed by atoms with Gasteiger partial charge in [0.1, 0.15) is 6.29 Å². The van der Waals surface area contributed by atoms with E-state index < -0.39 is 0 Å². The maximum Gasteiger partial charge on any atom is 0.119 e. The molecule has 0 saturated carbocycles. The summed E-state index contributed by atoms with van der Waals surface area (Å²) in [7, 11) is 0. The van der Waals surface area contributed by atoms with E-state index in [-0.39, 0.29) is 0 Å². The Bertz CT molecular complexity index is 292. The van der Waals surface area contributed by atoms with Crippen molar-refractivity contribution in [3.63, 3.8) is 0 Å². The van der Waals surface area contributed by atoms with Gasteiger partial charge < -0.3 is 14.3 Å². The molecule has 0 N–H and O–H groups in total. The first-order valence-corrected chi connectivity index (χ1v) is 9.09. The van der Waals surface area contributed by atoms with E-state index in [0.29, 0.717) is 24.4 Å². The third-order valence-corrected chi connectivity index (χ3v) is 4.74. The van der Waals surface area contributed by atoms with Crippen LogP contribution in [0.1, 0.15) is 84.0 Å². The first-order valence-electron chi connectivity index (χ1n) is 9.09. The second-order valence-corrected chi connectivity index (χ2v) is 6.67. The lowest BCUT2D eigenvalue weighted by Crippen LogP contribution is -2.02. The van der Waals surface area contributed by atoms with E-state index in [0.717, 1.165) is 25.5 Å². The number of ether oxygens (including phenoxy) is 2. The van der Waals surface area contributed by atoms with E-state index in [4.69, 9.17) is 9.47 Å². The molecule has 2 fully saturated rings. The number of aldehydes is 1. The first kappa shape index (κ1) is 17.0. The van der Waals surface area contributed by atoms with Gasteiger partial charge in [0.25, 0.3) is 0 Å². The van der Waals surface area contributed by atoms with Crippen LogP contribution in [0.3, 0.4) is 0 Å². The SMILES string of the molecule is CCCCCC1OC1CC1OC1CCCCCCCC=O. The quantitative estimate of drug-likeness (QED) is 0.271. The Kier molecular flexibility index (Phi) is 7.73. The minimum absolute atomic E-state index is 0.487. The van der Waals surface area contributed by atoms with Crippen molar-refractivity contribution >= 4 is 6.29 Å². The van der Waals surface area contributed by atoms with Crippen LogP contribution >= 0.6 is 0 Å². The summed E-state index contributed by atoms with van der Waals surface area (Å²) in [5.41, 5.74) is 0. The predicted octanol–water partition coefficient (Wildman–Crippen LogP) is 4.42. The molecule has 21 heavy (non-hydrogen) atoms. The van der Waals surface area contributed by atoms with Crippen molar-refractivity contribution in [1.82, 2.24) is 0 Å². The molecule has 4 unspecified atom stereocenters. The fraction of sp³-hybridized carbons (Fsp3) is 0.944. The van der Waals surface area contributed by atoms with Crippen LogP contribution in [0.4, 0.5) is 0 Å². The second kappa shape index (κ2) is 9.58. The highest BCUT2D eigenvalue weighted by Gasteiger charge is 2.47. The Morgan fingerprint density at radius 3 is 1.95 bits per heavy atom. The summed E-state index contributed by atoms with van der Waals surface area (Å²) in [4.78, 5) is 10.2. The third kappa shape index (κ3) is 6.92. The standard InChI is InChI=1S/C18H32O3/c1-2-3-8-11-15-17(20-15)14-18-16(21-18)12-9-6-4-5-7-10-13-19/h13,15-18H,2-12,14H2,1H3. The lowest BCUT2D eigenvalue weighted by molar-refractivity contribution is -0.107. The highest BCUT2D eigenvalue weighted by molar-refractivity contribution is 5.48. The van der Waals surface area contributed by atoms with Crippen LogP contribution in [0.2, 0.25) is 0 Å². The van der Waals surface area contributed by atoms with Crippen LogP contribution in [-0.2, 0) is 14.3 Å². The van der Waals surface area contributed by atoms with E-state index in [1.165, 1.54) is 57.8 Å². The van der Waals surface area contributed by atoms with Gasteiger partial charge in [0.15, 0.2) is 0 Å². The summed E-state index contributed by atoms with van der Waals surface area (Å²) < 4.78 is 11.5. The molecule has 0 radical (unpaired) electrons. The molecule has 0 aliphatic carbocycles. The minimum atomic E-state index is 0.487. The van der Waals surface area contributed by atoms with Gasteiger partial charge >= 0.3 is 0 Å². The van der Waals surface area contributed by atoms with Crippen LogP contribution in [-0.4, -0.2) is 30.7 Å². The van der Waals surface area contributed by atoms with Crippen LogP contribution in [0, 0.1) is 0 Å². The molecule has 3 nitrogen and oxygen atoms in total. The fourth-order valence-electron chi connectivity index (χ4n) is 3.21. The topological polar surface area (TPSA) is 42.1 Å². The van der Waals surface area contributed by atoms with Gasteiger partial charge in [-0.25, -0.2) is 0 Å². The van der Waals surface area contributed by atoms with Crippen molar-refractivity contribution < 1.29 is 14.3 Å². The Morgan fingerprint density at radius 1 is 0.762 bits per heavy atom. The molecule has 2 aliphatic heterocycles. The molecule has 2 rings (SSSR count). The largest absolute Gasteiger partial charge is 0.369 e. The molecular weight excluding hydrogens is 264 g/mol. The van der Waals surface area contributed by atoms with Crippen LogP contribution in [0.5, 0.6) is 0 Å². The monoisotopic (exact) mass is 296 g/mol. The molecule has 2 aliphatic rings. The smallest absolute Gasteiger partial charge is 0.119 e. The Labute approximate surface area is 129 Å². The normalized spacial score (nSPS) is 30.3. The van der Waals surface area contributed by atoms with Crippen LogP contribution in [0.15, 0.2) is 0 Å². The number of unbranched alkanes of at least 4 members (excludes halogenated alkanes) is 7. The van der Waals surface area contributed by atoms with Gasteiger partial charge in [-0.1, -0.05) is 51.9 Å². The van der Waals surface area contributed by atoms with E-state index in [9.17, 15) is 4.79 Å². The molecule has 3 heteroatoms. The number of rotatable bonds is 14. The van der Waals surface area contributed by atoms with Crippen molar-refractivity contribution in [3.8, 4) is 0 Å². The number of carbonyl (C=O) groups is 1. The fourth-order valence-corrected chi connectivity index (χ4v) is 3.21. The van der Waals surface area contributed by atoms with Crippen LogP contribution < -0.4 is 0 Å². The van der Waals surface area contributed by atoms with Gasteiger partial charge in [-0.2, -0.15) is 0 Å². The van der Waals surface area contributed by atoms with Crippen molar-refractivity contribution in [1.29, 1.82) is 0 Å². The summed E-state index contributed by atoms with van der Waals surface area (Å²) in [5.74, 6) is 0. The summed E-state index contributed by atoms with van der Waals surface area (Å²) >= 11 is 0. The van der Waals surface area contributed by atoms with Crippen molar-refractivity contribution in [2.45, 2.75) is 108 Å². The molecule has 4 atom stereocenters. The molecule has 0 spiro atoms. The maximum atomic E-state index is 10.2. The zero-order valence-corrected chi connectivity index (χ0v) is 13.6. The van der Waals surface area contributed by atoms with Gasteiger partial charge in [0, 0.05) is 12.8 Å². The molecule has 0 aromatic heterocycles. The third-order valence-electron chi connectivity index (χ3n) is 4.74. The van der Waals surface area contributed by atoms with Crippen molar-refractivity contribution in [2.24, 2.45) is 0 Å². The number of hydrogen-bond donors (Lipinski definition) is 0. The first-order chi connectivity index (χ1) is 10.3. The van der Waals surface area contributed by atoms with Gasteiger partial charge in [0.2, 0.25) is 0 Å². The number of hydrogen-bond acceptors (Lipinski definition) is 3. The molecule has 0 aromatic rings. The summed E-state index contributed by atoms with van der Waals surface area (Å²) in [6, 6.07) is 0. The van der Waals surface area contributed by atoms with Crippen molar-refractivity contribution in [3.05, 3.63) is 0 Å². The molecule has 0 aromatic carbocycles. The Balaban J connectivity index is 1.37. The summed E-state index contributed by atoms with van der Waals surface area (Å²) in [6.07, 6.45) is 17.4. The highest BCUT2D eigenvalue weighted by Crippen LogP contribution is 2.39. The number of epoxide rings is 2. The second-order valence-electron chi connectivity index (χ2n) is 6.67. The average molecular weight is 296 g/mol. The highest BCUT2D eigenvalue weighted by atomic mass is 16.6. The van der Waals surface area contributed by atoms with Gasteiger partial charge in [-0.05, 0) is 19.3 Å². The zero-order chi connectivity index (χ0) is 14.9. The molecular formula is C18H32O3. The molecule has 2 heterocycles. The lowest BCUT2D eigenvalue weighted by atomic mass is 10.0. The Hall–Kier alpha value is -0.410. The Morgan fingerprint density at radius 2 is 1.33 bits per heavy atom. The number of carbonyl (C=O) groups excluding carboxylic acids is 1. The van der Waals surface area contributed by atoms with Gasteiger partial charge in [-0.15, -0.1) is 0 Å². The van der Waals surface area contributed by atoms with E-state index in [1.54, 1.807) is 0 Å². The van der Waals surface area contributed by atoms with Gasteiger partial charge in [0.05, 0.1) is 24.4 Å². The summed E-state index contributed by atoms with van der Waals surface area (Å²) in [5, 5.41) is 0. The minimum Gasteiger partial charge on any atom is -0.369 e. The van der Waals surface area contributed by atoms with E-state index in [1.807, 2.05) is 0 Å². The molecule has 2 saturated heterocycles. The lowest BCUT2D eigenvalue weighted by Gasteiger charge is -1.98. The van der Waals surface area contributed by atoms with Crippen molar-refractivity contribution in [2.75, 3.05) is 0 Å². The molecule has 0 amide bonds. The summed E-state index contributed by atoms with van der Waals surface area (Å²) in [6.45, 7) is 2.25.